The third kappa shape index (κ3) is 2.09. The Hall–Kier alpha value is -1.58. The summed E-state index contributed by atoms with van der Waals surface area (Å²) in [7, 11) is 0. The second-order valence-corrected chi connectivity index (χ2v) is 3.61. The van der Waals surface area contributed by atoms with Crippen LogP contribution in [-0.4, -0.2) is 11.2 Å². The lowest BCUT2D eigenvalue weighted by Crippen LogP contribution is -2.24. The van der Waals surface area contributed by atoms with Crippen LogP contribution in [0.15, 0.2) is 23.0 Å². The molecule has 4 heteroatoms. The van der Waals surface area contributed by atoms with Crippen molar-refractivity contribution in [1.82, 2.24) is 0 Å². The average Bonchev–Trinajstić information content (AvgIpc) is 2.26. The molecular weight excluding hydrogens is 199 g/mol. The first-order chi connectivity index (χ1) is 7.16. The van der Waals surface area contributed by atoms with E-state index >= 15 is 0 Å². The first-order valence-electron chi connectivity index (χ1n) is 4.86. The van der Waals surface area contributed by atoms with Gasteiger partial charge in [-0.3, -0.25) is 4.79 Å². The standard InChI is InChI=1S/C11H11FO3/c12-9-6-8(15-7-2-1-3-7)4-5-10(13)11(9)14/h4-7H,1-3H2,(H,13,14). The molecule has 0 spiro atoms. The van der Waals surface area contributed by atoms with Crippen molar-refractivity contribution in [3.8, 4) is 11.5 Å². The predicted octanol–water partition coefficient (Wildman–Crippen LogP) is 1.82. The molecule has 0 unspecified atom stereocenters. The summed E-state index contributed by atoms with van der Waals surface area (Å²) in [6.07, 6.45) is 3.14. The molecule has 1 aliphatic carbocycles. The van der Waals surface area contributed by atoms with Gasteiger partial charge in [-0.2, -0.15) is 0 Å². The maximum absolute atomic E-state index is 13.1. The number of halogens is 1. The van der Waals surface area contributed by atoms with Crippen molar-refractivity contribution in [2.45, 2.75) is 25.4 Å². The van der Waals surface area contributed by atoms with Crippen LogP contribution in [-0.2, 0) is 0 Å². The fraction of sp³-hybridized carbons (Fsp3) is 0.364. The zero-order valence-electron chi connectivity index (χ0n) is 8.07. The van der Waals surface area contributed by atoms with E-state index in [4.69, 9.17) is 9.84 Å². The van der Waals surface area contributed by atoms with Gasteiger partial charge in [0, 0.05) is 6.07 Å². The van der Waals surface area contributed by atoms with Gasteiger partial charge in [0.25, 0.3) is 5.43 Å². The van der Waals surface area contributed by atoms with Crippen molar-refractivity contribution < 1.29 is 14.2 Å². The molecule has 0 amide bonds. The third-order valence-electron chi connectivity index (χ3n) is 2.48. The molecule has 15 heavy (non-hydrogen) atoms. The molecule has 2 rings (SSSR count). The molecule has 1 aliphatic rings. The molecule has 0 saturated heterocycles. The number of rotatable bonds is 2. The van der Waals surface area contributed by atoms with Crippen molar-refractivity contribution in [2.24, 2.45) is 0 Å². The number of ether oxygens (including phenoxy) is 1. The predicted molar refractivity (Wildman–Crippen MR) is 52.6 cm³/mol. The molecule has 1 aromatic rings. The Kier molecular flexibility index (Phi) is 2.58. The van der Waals surface area contributed by atoms with Gasteiger partial charge in [0.05, 0.1) is 6.10 Å². The van der Waals surface area contributed by atoms with Crippen LogP contribution in [0.2, 0.25) is 0 Å². The highest BCUT2D eigenvalue weighted by Crippen LogP contribution is 2.25. The molecule has 0 bridgehead atoms. The average molecular weight is 210 g/mol. The van der Waals surface area contributed by atoms with E-state index in [1.54, 1.807) is 0 Å². The molecule has 0 aromatic heterocycles. The van der Waals surface area contributed by atoms with Crippen molar-refractivity contribution in [2.75, 3.05) is 0 Å². The Balaban J connectivity index is 2.29. The Bertz CT molecular complexity index is 427. The monoisotopic (exact) mass is 210 g/mol. The minimum absolute atomic E-state index is 0.115. The Morgan fingerprint density at radius 1 is 1.40 bits per heavy atom. The van der Waals surface area contributed by atoms with Crippen LogP contribution in [0.5, 0.6) is 11.5 Å². The van der Waals surface area contributed by atoms with E-state index in [1.807, 2.05) is 0 Å². The van der Waals surface area contributed by atoms with Crippen molar-refractivity contribution in [3.05, 3.63) is 34.2 Å². The highest BCUT2D eigenvalue weighted by atomic mass is 19.1. The Morgan fingerprint density at radius 2 is 2.13 bits per heavy atom. The molecule has 1 fully saturated rings. The SMILES string of the molecule is O=c1c(O)ccc(OC2CCC2)cc1F. The van der Waals surface area contributed by atoms with Gasteiger partial charge in [0.2, 0.25) is 0 Å². The van der Waals surface area contributed by atoms with Gasteiger partial charge >= 0.3 is 0 Å². The summed E-state index contributed by atoms with van der Waals surface area (Å²) in [5.74, 6) is -1.31. The summed E-state index contributed by atoms with van der Waals surface area (Å²) in [5.41, 5.74) is -1.00. The quantitative estimate of drug-likeness (QED) is 0.809. The summed E-state index contributed by atoms with van der Waals surface area (Å²) in [6.45, 7) is 0. The summed E-state index contributed by atoms with van der Waals surface area (Å²) in [5, 5.41) is 9.08. The van der Waals surface area contributed by atoms with Gasteiger partial charge < -0.3 is 9.84 Å². The van der Waals surface area contributed by atoms with Crippen LogP contribution in [0.1, 0.15) is 19.3 Å². The molecule has 3 nitrogen and oxygen atoms in total. The summed E-state index contributed by atoms with van der Waals surface area (Å²) >= 11 is 0. The first-order valence-corrected chi connectivity index (χ1v) is 4.86. The van der Waals surface area contributed by atoms with E-state index in [-0.39, 0.29) is 11.9 Å². The van der Waals surface area contributed by atoms with Crippen molar-refractivity contribution in [3.63, 3.8) is 0 Å². The van der Waals surface area contributed by atoms with Crippen LogP contribution in [0.25, 0.3) is 0 Å². The topological polar surface area (TPSA) is 46.5 Å². The lowest BCUT2D eigenvalue weighted by Gasteiger charge is -2.25. The highest BCUT2D eigenvalue weighted by Gasteiger charge is 2.19. The summed E-state index contributed by atoms with van der Waals surface area (Å²) in [4.78, 5) is 11.0. The number of hydrogen-bond donors (Lipinski definition) is 1. The van der Waals surface area contributed by atoms with Crippen LogP contribution < -0.4 is 10.2 Å². The molecule has 0 heterocycles. The van der Waals surface area contributed by atoms with Gasteiger partial charge in [-0.05, 0) is 31.4 Å². The number of aromatic hydroxyl groups is 1. The van der Waals surface area contributed by atoms with Gasteiger partial charge in [0.15, 0.2) is 11.6 Å². The lowest BCUT2D eigenvalue weighted by molar-refractivity contribution is 0.120. The van der Waals surface area contributed by atoms with E-state index in [2.05, 4.69) is 0 Å². The minimum atomic E-state index is -1.00. The number of hydrogen-bond acceptors (Lipinski definition) is 3. The second kappa shape index (κ2) is 3.88. The maximum Gasteiger partial charge on any atom is 0.255 e. The summed E-state index contributed by atoms with van der Waals surface area (Å²) < 4.78 is 18.5. The van der Waals surface area contributed by atoms with Gasteiger partial charge in [0.1, 0.15) is 5.75 Å². The van der Waals surface area contributed by atoms with Crippen LogP contribution in [0.4, 0.5) is 4.39 Å². The van der Waals surface area contributed by atoms with Gasteiger partial charge in [-0.1, -0.05) is 0 Å². The maximum atomic E-state index is 13.1. The largest absolute Gasteiger partial charge is 0.504 e. The zero-order chi connectivity index (χ0) is 10.8. The fourth-order valence-corrected chi connectivity index (χ4v) is 1.35. The first kappa shape index (κ1) is 9.96. The summed E-state index contributed by atoms with van der Waals surface area (Å²) in [6, 6.07) is 3.57. The molecule has 1 aromatic carbocycles. The van der Waals surface area contributed by atoms with E-state index < -0.39 is 17.0 Å². The molecular formula is C11H11FO3. The van der Waals surface area contributed by atoms with Crippen molar-refractivity contribution >= 4 is 0 Å². The van der Waals surface area contributed by atoms with E-state index in [1.165, 1.54) is 6.07 Å². The Labute approximate surface area is 86.1 Å². The molecule has 80 valence electrons. The molecule has 0 atom stereocenters. The third-order valence-corrected chi connectivity index (χ3v) is 2.48. The smallest absolute Gasteiger partial charge is 0.255 e. The van der Waals surface area contributed by atoms with E-state index in [9.17, 15) is 9.18 Å². The van der Waals surface area contributed by atoms with Crippen molar-refractivity contribution in [1.29, 1.82) is 0 Å². The molecule has 1 saturated carbocycles. The van der Waals surface area contributed by atoms with E-state index in [0.29, 0.717) is 0 Å². The second-order valence-electron chi connectivity index (χ2n) is 3.61. The van der Waals surface area contributed by atoms with Gasteiger partial charge in [-0.15, -0.1) is 0 Å². The lowest BCUT2D eigenvalue weighted by atomic mass is 9.96. The minimum Gasteiger partial charge on any atom is -0.504 e. The molecule has 1 N–H and O–H groups in total. The van der Waals surface area contributed by atoms with Crippen LogP contribution in [0, 0.1) is 5.82 Å². The highest BCUT2D eigenvalue weighted by molar-refractivity contribution is 5.29. The Morgan fingerprint density at radius 3 is 2.73 bits per heavy atom. The van der Waals surface area contributed by atoms with Crippen LogP contribution >= 0.6 is 0 Å². The van der Waals surface area contributed by atoms with Gasteiger partial charge in [-0.25, -0.2) is 4.39 Å². The van der Waals surface area contributed by atoms with E-state index in [0.717, 1.165) is 31.4 Å². The molecule has 0 radical (unpaired) electrons. The fourth-order valence-electron chi connectivity index (χ4n) is 1.35. The normalized spacial score (nSPS) is 15.8. The van der Waals surface area contributed by atoms with Crippen LogP contribution in [0.3, 0.4) is 0 Å². The zero-order valence-corrected chi connectivity index (χ0v) is 8.07. The molecule has 0 aliphatic heterocycles.